The molecule has 1 heterocycles. The Morgan fingerprint density at radius 2 is 2.38 bits per heavy atom. The molecular weight excluding hydrogens is 204 g/mol. The topological polar surface area (TPSA) is 42.9 Å². The predicted molar refractivity (Wildman–Crippen MR) is 55.3 cm³/mol. The molecule has 1 rings (SSSR count). The molecule has 72 valence electrons. The van der Waals surface area contributed by atoms with E-state index in [0.29, 0.717) is 18.0 Å². The maximum atomic E-state index is 11.2. The third kappa shape index (κ3) is 3.87. The van der Waals surface area contributed by atoms with Crippen LogP contribution in [-0.4, -0.2) is 20.9 Å². The highest BCUT2D eigenvalue weighted by Crippen LogP contribution is 2.20. The molecule has 0 saturated carbocycles. The Morgan fingerprint density at radius 3 is 2.92 bits per heavy atom. The van der Waals surface area contributed by atoms with Gasteiger partial charge in [0.2, 0.25) is 0 Å². The van der Waals surface area contributed by atoms with Gasteiger partial charge in [0.1, 0.15) is 11.6 Å². The number of carbonyl (C=O) groups excluding carboxylic acids is 1. The zero-order valence-electron chi connectivity index (χ0n) is 7.74. The first-order valence-electron chi connectivity index (χ1n) is 4.17. The summed E-state index contributed by atoms with van der Waals surface area (Å²) >= 11 is 2.84. The van der Waals surface area contributed by atoms with Crippen molar-refractivity contribution in [1.29, 1.82) is 0 Å². The number of hydrogen-bond donors (Lipinski definition) is 0. The van der Waals surface area contributed by atoms with E-state index in [2.05, 4.69) is 9.36 Å². The number of aromatic nitrogens is 2. The quantitative estimate of drug-likeness (QED) is 0.708. The van der Waals surface area contributed by atoms with Crippen molar-refractivity contribution < 1.29 is 4.79 Å². The number of hydrogen-bond acceptors (Lipinski definition) is 5. The lowest BCUT2D eigenvalue weighted by atomic mass is 10.3. The van der Waals surface area contributed by atoms with Crippen molar-refractivity contribution in [3.63, 3.8) is 0 Å². The first kappa shape index (κ1) is 10.7. The second-order valence-electron chi connectivity index (χ2n) is 2.68. The van der Waals surface area contributed by atoms with Crippen LogP contribution in [0.1, 0.15) is 25.6 Å². The largest absolute Gasteiger partial charge is 0.299 e. The Morgan fingerprint density at radius 1 is 1.62 bits per heavy atom. The lowest BCUT2D eigenvalue weighted by Gasteiger charge is -1.94. The lowest BCUT2D eigenvalue weighted by molar-refractivity contribution is -0.116. The summed E-state index contributed by atoms with van der Waals surface area (Å²) in [5.74, 6) is 1.61. The summed E-state index contributed by atoms with van der Waals surface area (Å²) in [6.07, 6.45) is 1.60. The minimum Gasteiger partial charge on any atom is -0.299 e. The summed E-state index contributed by atoms with van der Waals surface area (Å²) in [6, 6.07) is 0. The van der Waals surface area contributed by atoms with E-state index in [9.17, 15) is 4.79 Å². The van der Waals surface area contributed by atoms with E-state index in [1.165, 1.54) is 23.3 Å². The zero-order chi connectivity index (χ0) is 9.68. The van der Waals surface area contributed by atoms with Gasteiger partial charge in [-0.05, 0) is 24.9 Å². The average molecular weight is 216 g/mol. The summed E-state index contributed by atoms with van der Waals surface area (Å²) in [4.78, 5) is 15.3. The second kappa shape index (κ2) is 5.34. The van der Waals surface area contributed by atoms with E-state index in [1.807, 2.05) is 13.8 Å². The molecule has 0 aliphatic rings. The van der Waals surface area contributed by atoms with Crippen molar-refractivity contribution in [2.75, 3.05) is 5.75 Å². The van der Waals surface area contributed by atoms with Gasteiger partial charge in [0, 0.05) is 6.42 Å². The molecule has 0 aliphatic heterocycles. The molecule has 0 aliphatic carbocycles. The van der Waals surface area contributed by atoms with Gasteiger partial charge in [-0.15, -0.1) is 0 Å². The minimum atomic E-state index is 0.292. The number of carbonyl (C=O) groups is 1. The van der Waals surface area contributed by atoms with Crippen molar-refractivity contribution in [3.8, 4) is 0 Å². The molecule has 13 heavy (non-hydrogen) atoms. The molecular formula is C8H12N2OS2. The predicted octanol–water partition coefficient (Wildman–Crippen LogP) is 2.31. The standard InChI is InChI=1S/C8H12N2OS2/c1-3-4-7(11)5-12-8-9-6(2)10-13-8/h3-5H2,1-2H3. The highest BCUT2D eigenvalue weighted by Gasteiger charge is 2.04. The van der Waals surface area contributed by atoms with Gasteiger partial charge >= 0.3 is 0 Å². The van der Waals surface area contributed by atoms with Gasteiger partial charge < -0.3 is 0 Å². The monoisotopic (exact) mass is 216 g/mol. The number of nitrogens with zero attached hydrogens (tertiary/aromatic N) is 2. The van der Waals surface area contributed by atoms with E-state index in [1.54, 1.807) is 0 Å². The van der Waals surface area contributed by atoms with Crippen LogP contribution in [0.5, 0.6) is 0 Å². The molecule has 1 aromatic rings. The highest BCUT2D eigenvalue weighted by molar-refractivity contribution is 8.01. The summed E-state index contributed by atoms with van der Waals surface area (Å²) in [5, 5.41) is 0. The molecule has 1 aromatic heterocycles. The summed E-state index contributed by atoms with van der Waals surface area (Å²) in [7, 11) is 0. The Hall–Kier alpha value is -0.420. The van der Waals surface area contributed by atoms with Crippen LogP contribution >= 0.6 is 23.3 Å². The molecule has 0 unspecified atom stereocenters. The van der Waals surface area contributed by atoms with E-state index in [-0.39, 0.29) is 0 Å². The van der Waals surface area contributed by atoms with Crippen molar-refractivity contribution in [2.24, 2.45) is 0 Å². The smallest absolute Gasteiger partial charge is 0.170 e. The van der Waals surface area contributed by atoms with Crippen LogP contribution in [0.2, 0.25) is 0 Å². The zero-order valence-corrected chi connectivity index (χ0v) is 9.37. The Bertz CT molecular complexity index is 285. The third-order valence-electron chi connectivity index (χ3n) is 1.39. The maximum absolute atomic E-state index is 11.2. The molecule has 0 aromatic carbocycles. The molecule has 0 spiro atoms. The van der Waals surface area contributed by atoms with Gasteiger partial charge in [-0.1, -0.05) is 18.7 Å². The number of thioether (sulfide) groups is 1. The van der Waals surface area contributed by atoms with Crippen LogP contribution in [0.3, 0.4) is 0 Å². The van der Waals surface area contributed by atoms with Gasteiger partial charge in [0.05, 0.1) is 5.75 Å². The molecule has 0 bridgehead atoms. The normalized spacial score (nSPS) is 10.3. The second-order valence-corrected chi connectivity index (χ2v) is 4.66. The average Bonchev–Trinajstić information content (AvgIpc) is 2.49. The molecule has 5 heteroatoms. The first-order valence-corrected chi connectivity index (χ1v) is 5.93. The van der Waals surface area contributed by atoms with E-state index < -0.39 is 0 Å². The summed E-state index contributed by atoms with van der Waals surface area (Å²) in [5.41, 5.74) is 0. The molecule has 0 radical (unpaired) electrons. The lowest BCUT2D eigenvalue weighted by Crippen LogP contribution is -1.99. The minimum absolute atomic E-state index is 0.292. The van der Waals surface area contributed by atoms with Crippen molar-refractivity contribution in [3.05, 3.63) is 5.82 Å². The number of rotatable bonds is 5. The van der Waals surface area contributed by atoms with Gasteiger partial charge in [0.25, 0.3) is 0 Å². The van der Waals surface area contributed by atoms with Gasteiger partial charge in [0.15, 0.2) is 4.34 Å². The van der Waals surface area contributed by atoms with Gasteiger partial charge in [-0.3, -0.25) is 4.79 Å². The fraction of sp³-hybridized carbons (Fsp3) is 0.625. The van der Waals surface area contributed by atoms with E-state index in [4.69, 9.17) is 0 Å². The molecule has 0 fully saturated rings. The molecule has 3 nitrogen and oxygen atoms in total. The Labute approximate surface area is 86.1 Å². The highest BCUT2D eigenvalue weighted by atomic mass is 32.2. The van der Waals surface area contributed by atoms with Crippen LogP contribution in [0, 0.1) is 6.92 Å². The summed E-state index contributed by atoms with van der Waals surface area (Å²) in [6.45, 7) is 3.87. The van der Waals surface area contributed by atoms with Crippen LogP contribution in [0.25, 0.3) is 0 Å². The van der Waals surface area contributed by atoms with Gasteiger partial charge in [-0.2, -0.15) is 4.37 Å². The number of ketones is 1. The van der Waals surface area contributed by atoms with Crippen molar-refractivity contribution in [1.82, 2.24) is 9.36 Å². The van der Waals surface area contributed by atoms with Crippen LogP contribution in [-0.2, 0) is 4.79 Å². The van der Waals surface area contributed by atoms with Crippen LogP contribution < -0.4 is 0 Å². The Balaban J connectivity index is 2.30. The Kier molecular flexibility index (Phi) is 4.38. The van der Waals surface area contributed by atoms with Crippen LogP contribution in [0.4, 0.5) is 0 Å². The number of Topliss-reactive ketones (excluding diaryl/α,β-unsaturated/α-hetero) is 1. The van der Waals surface area contributed by atoms with Crippen LogP contribution in [0.15, 0.2) is 4.34 Å². The summed E-state index contributed by atoms with van der Waals surface area (Å²) < 4.78 is 4.93. The van der Waals surface area contributed by atoms with E-state index in [0.717, 1.165) is 16.6 Å². The molecule has 0 N–H and O–H groups in total. The fourth-order valence-electron chi connectivity index (χ4n) is 0.830. The molecule has 0 atom stereocenters. The van der Waals surface area contributed by atoms with Crippen molar-refractivity contribution >= 4 is 29.1 Å². The maximum Gasteiger partial charge on any atom is 0.170 e. The fourth-order valence-corrected chi connectivity index (χ4v) is 2.38. The first-order chi connectivity index (χ1) is 6.22. The SMILES string of the molecule is CCCC(=O)CSc1nc(C)ns1. The van der Waals surface area contributed by atoms with E-state index >= 15 is 0 Å². The van der Waals surface area contributed by atoms with Crippen molar-refractivity contribution in [2.45, 2.75) is 31.0 Å². The molecule has 0 saturated heterocycles. The third-order valence-corrected chi connectivity index (χ3v) is 3.38. The van der Waals surface area contributed by atoms with Gasteiger partial charge in [-0.25, -0.2) is 4.98 Å². The molecule has 0 amide bonds. The number of aryl methyl sites for hydroxylation is 1.